The molecule has 0 fully saturated rings. The van der Waals surface area contributed by atoms with Gasteiger partial charge in [-0.25, -0.2) is 9.97 Å². The summed E-state index contributed by atoms with van der Waals surface area (Å²) in [6.45, 7) is 1.94. The van der Waals surface area contributed by atoms with Crippen LogP contribution in [0.2, 0.25) is 0 Å². The van der Waals surface area contributed by atoms with E-state index in [1.165, 1.54) is 17.5 Å². The van der Waals surface area contributed by atoms with Gasteiger partial charge in [0.05, 0.1) is 5.69 Å². The normalized spacial score (nSPS) is 18.5. The fourth-order valence-electron chi connectivity index (χ4n) is 2.91. The summed E-state index contributed by atoms with van der Waals surface area (Å²) in [5, 5.41) is 3.39. The van der Waals surface area contributed by atoms with E-state index in [-0.39, 0.29) is 0 Å². The molecular weight excluding hydrogens is 234 g/mol. The Morgan fingerprint density at radius 2 is 2.16 bits per heavy atom. The van der Waals surface area contributed by atoms with E-state index in [1.54, 1.807) is 0 Å². The number of hydrogen-bond acceptors (Lipinski definition) is 3. The molecule has 0 saturated heterocycles. The van der Waals surface area contributed by atoms with Crippen LogP contribution in [0.1, 0.15) is 41.0 Å². The molecule has 3 rings (SSSR count). The zero-order valence-corrected chi connectivity index (χ0v) is 11.4. The van der Waals surface area contributed by atoms with E-state index in [1.807, 2.05) is 26.2 Å². The number of benzene rings is 1. The van der Waals surface area contributed by atoms with Crippen LogP contribution in [0, 0.1) is 6.92 Å². The molecule has 0 bridgehead atoms. The van der Waals surface area contributed by atoms with Crippen molar-refractivity contribution < 1.29 is 0 Å². The topological polar surface area (TPSA) is 37.8 Å². The highest BCUT2D eigenvalue weighted by Crippen LogP contribution is 2.40. The van der Waals surface area contributed by atoms with Crippen molar-refractivity contribution in [3.63, 3.8) is 0 Å². The minimum atomic E-state index is 0.306. The molecule has 0 saturated carbocycles. The second kappa shape index (κ2) is 5.10. The van der Waals surface area contributed by atoms with Crippen molar-refractivity contribution in [2.45, 2.75) is 31.7 Å². The number of nitrogens with zero attached hydrogens (tertiary/aromatic N) is 2. The van der Waals surface area contributed by atoms with Gasteiger partial charge >= 0.3 is 0 Å². The molecule has 3 nitrogen and oxygen atoms in total. The van der Waals surface area contributed by atoms with Gasteiger partial charge in [-0.15, -0.1) is 0 Å². The van der Waals surface area contributed by atoms with Crippen LogP contribution in [0.3, 0.4) is 0 Å². The third-order valence-corrected chi connectivity index (χ3v) is 3.98. The van der Waals surface area contributed by atoms with E-state index < -0.39 is 0 Å². The minimum Gasteiger partial charge on any atom is -0.312 e. The molecule has 2 unspecified atom stereocenters. The summed E-state index contributed by atoms with van der Waals surface area (Å²) in [5.74, 6) is 1.50. The van der Waals surface area contributed by atoms with Crippen molar-refractivity contribution in [2.75, 3.05) is 7.05 Å². The fourth-order valence-corrected chi connectivity index (χ4v) is 2.91. The lowest BCUT2D eigenvalue weighted by Crippen LogP contribution is -2.25. The van der Waals surface area contributed by atoms with Gasteiger partial charge in [0.15, 0.2) is 0 Å². The predicted molar refractivity (Wildman–Crippen MR) is 76.1 cm³/mol. The highest BCUT2D eigenvalue weighted by Gasteiger charge is 2.28. The zero-order valence-electron chi connectivity index (χ0n) is 11.4. The van der Waals surface area contributed by atoms with Crippen molar-refractivity contribution in [3.8, 4) is 0 Å². The molecule has 98 valence electrons. The Balaban J connectivity index is 1.76. The standard InChI is InChI=1S/C16H19N3/c1-11-18-8-7-15(19-11)16(17-2)10-13-9-12-5-3-4-6-14(12)13/h3-8,13,16-17H,9-10H2,1-2H3. The summed E-state index contributed by atoms with van der Waals surface area (Å²) in [6, 6.07) is 11.1. The van der Waals surface area contributed by atoms with Gasteiger partial charge in [-0.3, -0.25) is 0 Å². The Bertz CT molecular complexity index is 580. The second-order valence-electron chi connectivity index (χ2n) is 5.21. The molecule has 0 aliphatic heterocycles. The lowest BCUT2D eigenvalue weighted by atomic mass is 9.74. The van der Waals surface area contributed by atoms with Crippen molar-refractivity contribution >= 4 is 0 Å². The van der Waals surface area contributed by atoms with E-state index >= 15 is 0 Å². The molecular formula is C16H19N3. The van der Waals surface area contributed by atoms with Gasteiger partial charge in [-0.1, -0.05) is 24.3 Å². The van der Waals surface area contributed by atoms with Crippen molar-refractivity contribution in [2.24, 2.45) is 0 Å². The molecule has 0 radical (unpaired) electrons. The quantitative estimate of drug-likeness (QED) is 0.910. The van der Waals surface area contributed by atoms with Gasteiger partial charge in [-0.2, -0.15) is 0 Å². The monoisotopic (exact) mass is 253 g/mol. The van der Waals surface area contributed by atoms with Crippen LogP contribution >= 0.6 is 0 Å². The maximum atomic E-state index is 4.54. The molecule has 19 heavy (non-hydrogen) atoms. The van der Waals surface area contributed by atoms with E-state index in [0.29, 0.717) is 12.0 Å². The maximum Gasteiger partial charge on any atom is 0.125 e. The van der Waals surface area contributed by atoms with E-state index in [0.717, 1.165) is 17.9 Å². The summed E-state index contributed by atoms with van der Waals surface area (Å²) in [6.07, 6.45) is 4.14. The number of nitrogens with one attached hydrogen (secondary N) is 1. The summed E-state index contributed by atoms with van der Waals surface area (Å²) in [4.78, 5) is 8.71. The molecule has 0 spiro atoms. The zero-order chi connectivity index (χ0) is 13.2. The average Bonchev–Trinajstić information content (AvgIpc) is 2.40. The fraction of sp³-hybridized carbons (Fsp3) is 0.375. The van der Waals surface area contributed by atoms with Crippen LogP contribution in [-0.4, -0.2) is 17.0 Å². The molecule has 0 amide bonds. The number of rotatable bonds is 4. The van der Waals surface area contributed by atoms with Crippen molar-refractivity contribution in [3.05, 3.63) is 59.2 Å². The molecule has 3 heteroatoms. The van der Waals surface area contributed by atoms with Gasteiger partial charge < -0.3 is 5.32 Å². The highest BCUT2D eigenvalue weighted by atomic mass is 14.9. The smallest absolute Gasteiger partial charge is 0.125 e. The molecule has 1 N–H and O–H groups in total. The predicted octanol–water partition coefficient (Wildman–Crippen LogP) is 2.78. The summed E-state index contributed by atoms with van der Waals surface area (Å²) >= 11 is 0. The van der Waals surface area contributed by atoms with Gasteiger partial charge in [0.2, 0.25) is 0 Å². The molecule has 1 aromatic carbocycles. The van der Waals surface area contributed by atoms with Crippen LogP contribution in [0.5, 0.6) is 0 Å². The van der Waals surface area contributed by atoms with Crippen molar-refractivity contribution in [1.82, 2.24) is 15.3 Å². The first kappa shape index (κ1) is 12.3. The summed E-state index contributed by atoms with van der Waals surface area (Å²) in [7, 11) is 2.01. The van der Waals surface area contributed by atoms with Gasteiger partial charge in [0.25, 0.3) is 0 Å². The summed E-state index contributed by atoms with van der Waals surface area (Å²) < 4.78 is 0. The maximum absolute atomic E-state index is 4.54. The third kappa shape index (κ3) is 2.38. The van der Waals surface area contributed by atoms with E-state index in [9.17, 15) is 0 Å². The van der Waals surface area contributed by atoms with Gasteiger partial charge in [-0.05, 0) is 49.9 Å². The molecule has 2 atom stereocenters. The Morgan fingerprint density at radius 1 is 1.32 bits per heavy atom. The first-order chi connectivity index (χ1) is 9.28. The molecule has 1 aromatic heterocycles. The second-order valence-corrected chi connectivity index (χ2v) is 5.21. The number of aryl methyl sites for hydroxylation is 1. The van der Waals surface area contributed by atoms with E-state index in [2.05, 4.69) is 39.6 Å². The molecule has 2 aromatic rings. The summed E-state index contributed by atoms with van der Waals surface area (Å²) in [5.41, 5.74) is 4.11. The van der Waals surface area contributed by atoms with Gasteiger partial charge in [0, 0.05) is 12.2 Å². The molecule has 1 aliphatic carbocycles. The lowest BCUT2D eigenvalue weighted by Gasteiger charge is -2.32. The number of fused-ring (bicyclic) bond motifs is 1. The van der Waals surface area contributed by atoms with Crippen LogP contribution in [-0.2, 0) is 6.42 Å². The number of aromatic nitrogens is 2. The Labute approximate surface area is 114 Å². The highest BCUT2D eigenvalue weighted by molar-refractivity contribution is 5.40. The first-order valence-electron chi connectivity index (χ1n) is 6.82. The van der Waals surface area contributed by atoms with Gasteiger partial charge in [0.1, 0.15) is 5.82 Å². The van der Waals surface area contributed by atoms with Crippen LogP contribution < -0.4 is 5.32 Å². The SMILES string of the molecule is CNC(CC1Cc2ccccc21)c1ccnc(C)n1. The Morgan fingerprint density at radius 3 is 2.89 bits per heavy atom. The van der Waals surface area contributed by atoms with Crippen LogP contribution in [0.4, 0.5) is 0 Å². The average molecular weight is 253 g/mol. The van der Waals surface area contributed by atoms with Crippen LogP contribution in [0.25, 0.3) is 0 Å². The molecule has 1 heterocycles. The Hall–Kier alpha value is -1.74. The Kier molecular flexibility index (Phi) is 3.30. The van der Waals surface area contributed by atoms with Crippen LogP contribution in [0.15, 0.2) is 36.5 Å². The van der Waals surface area contributed by atoms with Crippen molar-refractivity contribution in [1.29, 1.82) is 0 Å². The first-order valence-corrected chi connectivity index (χ1v) is 6.82. The molecule has 1 aliphatic rings. The third-order valence-electron chi connectivity index (χ3n) is 3.98. The minimum absolute atomic E-state index is 0.306. The largest absolute Gasteiger partial charge is 0.312 e. The van der Waals surface area contributed by atoms with E-state index in [4.69, 9.17) is 0 Å². The lowest BCUT2D eigenvalue weighted by molar-refractivity contribution is 0.444. The number of hydrogen-bond donors (Lipinski definition) is 1.